The second-order valence-corrected chi connectivity index (χ2v) is 6.33. The normalized spacial score (nSPS) is 13.5. The first-order valence-electron chi connectivity index (χ1n) is 5.39. The highest BCUT2D eigenvalue weighted by Gasteiger charge is 2.16. The molecule has 0 amide bonds. The Morgan fingerprint density at radius 1 is 1.40 bits per heavy atom. The molecule has 2 N–H and O–H groups in total. The number of rotatable bonds is 5. The van der Waals surface area contributed by atoms with Gasteiger partial charge in [0, 0.05) is 16.7 Å². The molecule has 0 radical (unpaired) electrons. The zero-order chi connectivity index (χ0) is 11.4. The summed E-state index contributed by atoms with van der Waals surface area (Å²) in [5.41, 5.74) is 7.15. The molecule has 1 atom stereocenters. The number of thiazole rings is 1. The maximum Gasteiger partial charge on any atom is 0.103 e. The number of thioether (sulfide) groups is 1. The molecule has 0 aromatic carbocycles. The van der Waals surface area contributed by atoms with Crippen LogP contribution in [0.2, 0.25) is 0 Å². The van der Waals surface area contributed by atoms with Crippen molar-refractivity contribution >= 4 is 23.1 Å². The summed E-state index contributed by atoms with van der Waals surface area (Å²) in [6.07, 6.45) is 0. The number of hydrogen-bond donors (Lipinski definition) is 1. The van der Waals surface area contributed by atoms with Crippen LogP contribution in [-0.4, -0.2) is 10.7 Å². The van der Waals surface area contributed by atoms with Gasteiger partial charge in [-0.05, 0) is 18.6 Å². The van der Waals surface area contributed by atoms with Gasteiger partial charge < -0.3 is 5.73 Å². The Morgan fingerprint density at radius 3 is 2.47 bits per heavy atom. The molecule has 0 fully saturated rings. The van der Waals surface area contributed by atoms with Gasteiger partial charge in [0.15, 0.2) is 0 Å². The molecular weight excluding hydrogens is 224 g/mol. The monoisotopic (exact) mass is 244 g/mol. The molecule has 0 spiro atoms. The van der Waals surface area contributed by atoms with Crippen LogP contribution in [0.25, 0.3) is 0 Å². The lowest BCUT2D eigenvalue weighted by Gasteiger charge is -2.07. The Hall–Kier alpha value is -0.0600. The molecule has 0 saturated carbocycles. The summed E-state index contributed by atoms with van der Waals surface area (Å²) >= 11 is 3.69. The van der Waals surface area contributed by atoms with E-state index >= 15 is 0 Å². The fraction of sp³-hybridized carbons (Fsp3) is 0.727. The number of aromatic nitrogens is 1. The minimum Gasteiger partial charge on any atom is -0.323 e. The van der Waals surface area contributed by atoms with E-state index in [4.69, 9.17) is 5.73 Å². The van der Waals surface area contributed by atoms with E-state index in [1.54, 1.807) is 11.3 Å². The van der Waals surface area contributed by atoms with Crippen LogP contribution in [0.3, 0.4) is 0 Å². The van der Waals surface area contributed by atoms with E-state index < -0.39 is 0 Å². The van der Waals surface area contributed by atoms with Gasteiger partial charge in [-0.15, -0.1) is 11.3 Å². The average Bonchev–Trinajstić information content (AvgIpc) is 2.58. The SMILES string of the molecule is CCSCc1nc(C(C)C)c(C(C)N)s1. The van der Waals surface area contributed by atoms with Crippen molar-refractivity contribution in [3.8, 4) is 0 Å². The number of nitrogens with zero attached hydrogens (tertiary/aromatic N) is 1. The Morgan fingerprint density at radius 2 is 2.07 bits per heavy atom. The van der Waals surface area contributed by atoms with Gasteiger partial charge in [-0.25, -0.2) is 4.98 Å². The van der Waals surface area contributed by atoms with Gasteiger partial charge in [-0.1, -0.05) is 20.8 Å². The fourth-order valence-electron chi connectivity index (χ4n) is 1.38. The summed E-state index contributed by atoms with van der Waals surface area (Å²) < 4.78 is 0. The van der Waals surface area contributed by atoms with E-state index in [-0.39, 0.29) is 6.04 Å². The van der Waals surface area contributed by atoms with E-state index in [9.17, 15) is 0 Å². The van der Waals surface area contributed by atoms with Crippen LogP contribution in [0.5, 0.6) is 0 Å². The first-order valence-corrected chi connectivity index (χ1v) is 7.36. The van der Waals surface area contributed by atoms with Crippen LogP contribution in [-0.2, 0) is 5.75 Å². The van der Waals surface area contributed by atoms with Crippen LogP contribution in [0.1, 0.15) is 55.2 Å². The molecule has 0 bridgehead atoms. The molecule has 1 aromatic rings. The van der Waals surface area contributed by atoms with Crippen molar-refractivity contribution in [1.82, 2.24) is 4.98 Å². The maximum absolute atomic E-state index is 5.96. The van der Waals surface area contributed by atoms with Gasteiger partial charge in [-0.3, -0.25) is 0 Å². The van der Waals surface area contributed by atoms with Crippen molar-refractivity contribution < 1.29 is 0 Å². The lowest BCUT2D eigenvalue weighted by molar-refractivity contribution is 0.760. The smallest absolute Gasteiger partial charge is 0.103 e. The summed E-state index contributed by atoms with van der Waals surface area (Å²) in [6, 6.07) is 0.111. The fourth-order valence-corrected chi connectivity index (χ4v) is 3.28. The highest BCUT2D eigenvalue weighted by atomic mass is 32.2. The van der Waals surface area contributed by atoms with Crippen molar-refractivity contribution in [2.24, 2.45) is 5.73 Å². The summed E-state index contributed by atoms with van der Waals surface area (Å²) in [5, 5.41) is 1.22. The predicted molar refractivity (Wildman–Crippen MR) is 70.6 cm³/mol. The first kappa shape index (κ1) is 13.0. The molecule has 0 aliphatic heterocycles. The molecule has 1 heterocycles. The average molecular weight is 244 g/mol. The molecule has 0 aliphatic rings. The largest absolute Gasteiger partial charge is 0.323 e. The van der Waals surface area contributed by atoms with Crippen molar-refractivity contribution in [2.45, 2.75) is 45.4 Å². The van der Waals surface area contributed by atoms with Crippen molar-refractivity contribution in [1.29, 1.82) is 0 Å². The lowest BCUT2D eigenvalue weighted by atomic mass is 10.1. The third kappa shape index (κ3) is 3.47. The zero-order valence-electron chi connectivity index (χ0n) is 9.91. The summed E-state index contributed by atoms with van der Waals surface area (Å²) in [7, 11) is 0. The quantitative estimate of drug-likeness (QED) is 0.861. The zero-order valence-corrected chi connectivity index (χ0v) is 11.5. The van der Waals surface area contributed by atoms with E-state index in [0.717, 1.165) is 11.5 Å². The van der Waals surface area contributed by atoms with Crippen LogP contribution in [0.4, 0.5) is 0 Å². The molecule has 4 heteroatoms. The Balaban J connectivity index is 2.88. The first-order chi connectivity index (χ1) is 7.06. The van der Waals surface area contributed by atoms with E-state index in [1.165, 1.54) is 15.6 Å². The van der Waals surface area contributed by atoms with Crippen LogP contribution < -0.4 is 5.73 Å². The van der Waals surface area contributed by atoms with Crippen molar-refractivity contribution in [2.75, 3.05) is 5.75 Å². The van der Waals surface area contributed by atoms with Crippen molar-refractivity contribution in [3.63, 3.8) is 0 Å². The van der Waals surface area contributed by atoms with Gasteiger partial charge in [0.1, 0.15) is 5.01 Å². The number of hydrogen-bond acceptors (Lipinski definition) is 4. The van der Waals surface area contributed by atoms with Gasteiger partial charge in [-0.2, -0.15) is 11.8 Å². The van der Waals surface area contributed by atoms with E-state index in [1.807, 2.05) is 18.7 Å². The Kier molecular flexibility index (Phi) is 5.09. The summed E-state index contributed by atoms with van der Waals surface area (Å²) in [6.45, 7) is 8.57. The molecule has 1 unspecified atom stereocenters. The van der Waals surface area contributed by atoms with Crippen molar-refractivity contribution in [3.05, 3.63) is 15.6 Å². The molecule has 0 saturated heterocycles. The van der Waals surface area contributed by atoms with Gasteiger partial charge >= 0.3 is 0 Å². The third-order valence-electron chi connectivity index (χ3n) is 2.12. The molecule has 15 heavy (non-hydrogen) atoms. The minimum atomic E-state index is 0.111. The predicted octanol–water partition coefficient (Wildman–Crippen LogP) is 3.54. The second kappa shape index (κ2) is 5.87. The molecule has 0 aliphatic carbocycles. The molecular formula is C11H20N2S2. The van der Waals surface area contributed by atoms with E-state index in [2.05, 4.69) is 25.8 Å². The Labute approximate surface area is 101 Å². The molecule has 2 nitrogen and oxygen atoms in total. The van der Waals surface area contributed by atoms with E-state index in [0.29, 0.717) is 5.92 Å². The highest BCUT2D eigenvalue weighted by molar-refractivity contribution is 7.98. The van der Waals surface area contributed by atoms with Gasteiger partial charge in [0.05, 0.1) is 5.69 Å². The van der Waals surface area contributed by atoms with Gasteiger partial charge in [0.2, 0.25) is 0 Å². The molecule has 1 aromatic heterocycles. The number of nitrogens with two attached hydrogens (primary N) is 1. The standard InChI is InChI=1S/C11H20N2S2/c1-5-14-6-9-13-10(7(2)3)11(15-9)8(4)12/h7-8H,5-6,12H2,1-4H3. The van der Waals surface area contributed by atoms with Crippen LogP contribution in [0, 0.1) is 0 Å². The highest BCUT2D eigenvalue weighted by Crippen LogP contribution is 2.30. The maximum atomic E-state index is 5.96. The topological polar surface area (TPSA) is 38.9 Å². The lowest BCUT2D eigenvalue weighted by Crippen LogP contribution is -2.06. The van der Waals surface area contributed by atoms with Crippen LogP contribution >= 0.6 is 23.1 Å². The van der Waals surface area contributed by atoms with Gasteiger partial charge in [0.25, 0.3) is 0 Å². The second-order valence-electron chi connectivity index (χ2n) is 3.94. The minimum absolute atomic E-state index is 0.111. The molecule has 86 valence electrons. The van der Waals surface area contributed by atoms with Crippen LogP contribution in [0.15, 0.2) is 0 Å². The molecule has 1 rings (SSSR count). The Bertz CT molecular complexity index is 280. The third-order valence-corrected chi connectivity index (χ3v) is 4.46. The summed E-state index contributed by atoms with van der Waals surface area (Å²) in [4.78, 5) is 5.95. The summed E-state index contributed by atoms with van der Waals surface area (Å²) in [5.74, 6) is 2.64.